The van der Waals surface area contributed by atoms with Gasteiger partial charge in [0.1, 0.15) is 34.9 Å². The fourth-order valence-electron chi connectivity index (χ4n) is 3.38. The monoisotopic (exact) mass is 393 g/mol. The third-order valence-corrected chi connectivity index (χ3v) is 4.73. The van der Waals surface area contributed by atoms with Gasteiger partial charge in [0.05, 0.1) is 11.3 Å². The minimum Gasteiger partial charge on any atom is -0.507 e. The molecule has 0 bridgehead atoms. The van der Waals surface area contributed by atoms with Gasteiger partial charge in [0.25, 0.3) is 11.7 Å². The standard InChI is InChI=1S/C22H16FNO5/c1-12-6-11-17(29-12)19-18(20(26)13-7-9-14(23)10-8-13)21(27)22(28)24(19)15-4-2-3-5-16(15)25/h2-11,19,25-26H,1H3/b20-18-. The summed E-state index contributed by atoms with van der Waals surface area (Å²) in [5, 5.41) is 21.1. The Labute approximate surface area is 165 Å². The first-order valence-electron chi connectivity index (χ1n) is 8.79. The summed E-state index contributed by atoms with van der Waals surface area (Å²) in [5.74, 6) is -2.24. The second-order valence-electron chi connectivity index (χ2n) is 6.61. The van der Waals surface area contributed by atoms with E-state index in [9.17, 15) is 24.2 Å². The number of carbonyl (C=O) groups excluding carboxylic acids is 2. The molecule has 1 unspecified atom stereocenters. The zero-order valence-corrected chi connectivity index (χ0v) is 15.3. The number of aryl methyl sites for hydroxylation is 1. The molecule has 2 aromatic carbocycles. The lowest BCUT2D eigenvalue weighted by molar-refractivity contribution is -0.132. The molecule has 3 aromatic rings. The number of nitrogens with zero attached hydrogens (tertiary/aromatic N) is 1. The minimum absolute atomic E-state index is 0.104. The Hall–Kier alpha value is -3.87. The number of para-hydroxylation sites is 2. The van der Waals surface area contributed by atoms with Crippen LogP contribution in [-0.4, -0.2) is 21.9 Å². The molecule has 0 saturated carbocycles. The van der Waals surface area contributed by atoms with Crippen molar-refractivity contribution in [2.75, 3.05) is 4.90 Å². The highest BCUT2D eigenvalue weighted by Gasteiger charge is 2.49. The Morgan fingerprint density at radius 1 is 1.03 bits per heavy atom. The smallest absolute Gasteiger partial charge is 0.300 e. The summed E-state index contributed by atoms with van der Waals surface area (Å²) in [6.45, 7) is 1.70. The molecule has 29 heavy (non-hydrogen) atoms. The summed E-state index contributed by atoms with van der Waals surface area (Å²) >= 11 is 0. The van der Waals surface area contributed by atoms with Crippen LogP contribution in [0.5, 0.6) is 5.75 Å². The van der Waals surface area contributed by atoms with Crippen molar-refractivity contribution in [3.05, 3.63) is 89.1 Å². The first kappa shape index (κ1) is 18.5. The van der Waals surface area contributed by atoms with Gasteiger partial charge in [0.2, 0.25) is 0 Å². The Kier molecular flexibility index (Phi) is 4.43. The van der Waals surface area contributed by atoms with Crippen LogP contribution < -0.4 is 4.90 Å². The zero-order valence-electron chi connectivity index (χ0n) is 15.3. The van der Waals surface area contributed by atoms with Gasteiger partial charge in [0.15, 0.2) is 0 Å². The fraction of sp³-hybridized carbons (Fsp3) is 0.0909. The lowest BCUT2D eigenvalue weighted by atomic mass is 9.99. The van der Waals surface area contributed by atoms with E-state index in [4.69, 9.17) is 4.42 Å². The van der Waals surface area contributed by atoms with Crippen LogP contribution in [0.2, 0.25) is 0 Å². The van der Waals surface area contributed by atoms with Crippen molar-refractivity contribution in [3.8, 4) is 5.75 Å². The lowest BCUT2D eigenvalue weighted by Crippen LogP contribution is -2.29. The molecule has 146 valence electrons. The largest absolute Gasteiger partial charge is 0.507 e. The van der Waals surface area contributed by atoms with Crippen LogP contribution in [0.1, 0.15) is 23.1 Å². The average Bonchev–Trinajstić information content (AvgIpc) is 3.24. The van der Waals surface area contributed by atoms with E-state index in [1.165, 1.54) is 24.3 Å². The Balaban J connectivity index is 1.96. The second-order valence-corrected chi connectivity index (χ2v) is 6.61. The highest BCUT2D eigenvalue weighted by atomic mass is 19.1. The van der Waals surface area contributed by atoms with Gasteiger partial charge in [-0.15, -0.1) is 0 Å². The van der Waals surface area contributed by atoms with Crippen molar-refractivity contribution in [1.29, 1.82) is 0 Å². The van der Waals surface area contributed by atoms with Crippen LogP contribution in [-0.2, 0) is 9.59 Å². The predicted molar refractivity (Wildman–Crippen MR) is 103 cm³/mol. The maximum Gasteiger partial charge on any atom is 0.300 e. The van der Waals surface area contributed by atoms with Crippen LogP contribution in [0.25, 0.3) is 5.76 Å². The van der Waals surface area contributed by atoms with Crippen LogP contribution in [0.4, 0.5) is 10.1 Å². The summed E-state index contributed by atoms with van der Waals surface area (Å²) in [6.07, 6.45) is 0. The van der Waals surface area contributed by atoms with Gasteiger partial charge in [-0.3, -0.25) is 14.5 Å². The molecule has 1 atom stereocenters. The number of anilines is 1. The molecule has 2 N–H and O–H groups in total. The molecular formula is C22H16FNO5. The van der Waals surface area contributed by atoms with E-state index in [-0.39, 0.29) is 28.3 Å². The van der Waals surface area contributed by atoms with Crippen molar-refractivity contribution in [3.63, 3.8) is 0 Å². The highest BCUT2D eigenvalue weighted by Crippen LogP contribution is 2.44. The Morgan fingerprint density at radius 3 is 2.34 bits per heavy atom. The van der Waals surface area contributed by atoms with Crippen molar-refractivity contribution in [1.82, 2.24) is 0 Å². The molecule has 1 aromatic heterocycles. The van der Waals surface area contributed by atoms with Gasteiger partial charge in [-0.25, -0.2) is 4.39 Å². The Morgan fingerprint density at radius 2 is 1.72 bits per heavy atom. The zero-order chi connectivity index (χ0) is 20.7. The SMILES string of the molecule is Cc1ccc(C2/C(=C(/O)c3ccc(F)cc3)C(=O)C(=O)N2c2ccccc2O)o1. The van der Waals surface area contributed by atoms with Crippen LogP contribution in [0.15, 0.2) is 70.7 Å². The molecule has 1 amide bonds. The van der Waals surface area contributed by atoms with E-state index < -0.39 is 29.3 Å². The Bertz CT molecular complexity index is 1150. The maximum atomic E-state index is 13.3. The number of phenols is 1. The molecule has 7 heteroatoms. The summed E-state index contributed by atoms with van der Waals surface area (Å²) in [7, 11) is 0. The summed E-state index contributed by atoms with van der Waals surface area (Å²) in [5.41, 5.74) is 0.0704. The average molecular weight is 393 g/mol. The van der Waals surface area contributed by atoms with E-state index in [0.717, 1.165) is 17.0 Å². The topological polar surface area (TPSA) is 91.0 Å². The number of rotatable bonds is 3. The molecule has 0 spiro atoms. The number of aliphatic hydroxyl groups is 1. The first-order chi connectivity index (χ1) is 13.9. The molecule has 0 aliphatic carbocycles. The summed E-state index contributed by atoms with van der Waals surface area (Å²) in [6, 6.07) is 13.1. The van der Waals surface area contributed by atoms with E-state index in [0.29, 0.717) is 5.76 Å². The van der Waals surface area contributed by atoms with Crippen molar-refractivity contribution < 1.29 is 28.6 Å². The van der Waals surface area contributed by atoms with E-state index in [2.05, 4.69) is 0 Å². The van der Waals surface area contributed by atoms with Gasteiger partial charge in [0, 0.05) is 5.56 Å². The molecule has 1 fully saturated rings. The van der Waals surface area contributed by atoms with Gasteiger partial charge in [-0.1, -0.05) is 12.1 Å². The third-order valence-electron chi connectivity index (χ3n) is 4.73. The van der Waals surface area contributed by atoms with E-state index in [1.54, 1.807) is 31.2 Å². The number of halogens is 1. The number of aliphatic hydroxyl groups excluding tert-OH is 1. The maximum absolute atomic E-state index is 13.3. The highest BCUT2D eigenvalue weighted by molar-refractivity contribution is 6.51. The molecule has 0 radical (unpaired) electrons. The van der Waals surface area contributed by atoms with Gasteiger partial charge >= 0.3 is 0 Å². The van der Waals surface area contributed by atoms with E-state index in [1.807, 2.05) is 0 Å². The number of Topliss-reactive ketones (excluding diaryl/α,β-unsaturated/α-hetero) is 1. The number of ketones is 1. The molecular weight excluding hydrogens is 377 g/mol. The summed E-state index contributed by atoms with van der Waals surface area (Å²) < 4.78 is 18.9. The van der Waals surface area contributed by atoms with Crippen molar-refractivity contribution >= 4 is 23.1 Å². The van der Waals surface area contributed by atoms with Crippen LogP contribution in [0.3, 0.4) is 0 Å². The van der Waals surface area contributed by atoms with Crippen molar-refractivity contribution in [2.45, 2.75) is 13.0 Å². The molecule has 1 saturated heterocycles. The van der Waals surface area contributed by atoms with Gasteiger partial charge in [-0.05, 0) is 55.5 Å². The number of hydrogen-bond acceptors (Lipinski definition) is 5. The number of aromatic hydroxyl groups is 1. The first-order valence-corrected chi connectivity index (χ1v) is 8.79. The molecule has 6 nitrogen and oxygen atoms in total. The predicted octanol–water partition coefficient (Wildman–Crippen LogP) is 4.06. The van der Waals surface area contributed by atoms with Gasteiger partial charge in [-0.2, -0.15) is 0 Å². The minimum atomic E-state index is -1.10. The molecule has 4 rings (SSSR count). The second kappa shape index (κ2) is 6.94. The number of hydrogen-bond donors (Lipinski definition) is 2. The fourth-order valence-corrected chi connectivity index (χ4v) is 3.38. The normalized spacial score (nSPS) is 18.4. The molecule has 1 aliphatic heterocycles. The van der Waals surface area contributed by atoms with Crippen molar-refractivity contribution in [2.24, 2.45) is 0 Å². The number of furan rings is 1. The molecule has 2 heterocycles. The van der Waals surface area contributed by atoms with Gasteiger partial charge < -0.3 is 14.6 Å². The summed E-state index contributed by atoms with van der Waals surface area (Å²) in [4.78, 5) is 26.8. The number of phenolic OH excluding ortho intramolecular Hbond substituents is 1. The number of benzene rings is 2. The van der Waals surface area contributed by atoms with E-state index >= 15 is 0 Å². The number of amides is 1. The van der Waals surface area contributed by atoms with Crippen LogP contribution in [0, 0.1) is 12.7 Å². The quantitative estimate of drug-likeness (QED) is 0.398. The van der Waals surface area contributed by atoms with Crippen LogP contribution >= 0.6 is 0 Å². The number of carbonyl (C=O) groups is 2. The third kappa shape index (κ3) is 3.06. The molecule has 1 aliphatic rings. The lowest BCUT2D eigenvalue weighted by Gasteiger charge is -2.24.